The van der Waals surface area contributed by atoms with E-state index < -0.39 is 6.03 Å². The van der Waals surface area contributed by atoms with Crippen molar-refractivity contribution in [1.29, 1.82) is 0 Å². The molecule has 0 aromatic heterocycles. The maximum absolute atomic E-state index is 10.9. The quantitative estimate of drug-likeness (QED) is 0.640. The highest BCUT2D eigenvalue weighted by molar-refractivity contribution is 5.71. The standard InChI is InChI=1S/C9H19N2O/c1-5-7(3)11(9(10)12)8(4)6-2/h7-8,10H,5-6H2,1-4H3. The lowest BCUT2D eigenvalue weighted by Gasteiger charge is -2.31. The molecule has 2 unspecified atom stereocenters. The summed E-state index contributed by atoms with van der Waals surface area (Å²) in [6, 6.07) is -0.186. The number of urea groups is 1. The van der Waals surface area contributed by atoms with Crippen molar-refractivity contribution in [2.24, 2.45) is 0 Å². The van der Waals surface area contributed by atoms with E-state index in [9.17, 15) is 4.79 Å². The van der Waals surface area contributed by atoms with Gasteiger partial charge < -0.3 is 4.90 Å². The minimum atomic E-state index is -0.557. The van der Waals surface area contributed by atoms with Crippen molar-refractivity contribution in [3.05, 3.63) is 0 Å². The van der Waals surface area contributed by atoms with Crippen LogP contribution in [0.4, 0.5) is 4.79 Å². The van der Waals surface area contributed by atoms with Crippen molar-refractivity contribution >= 4 is 6.03 Å². The molecule has 0 aliphatic heterocycles. The van der Waals surface area contributed by atoms with Gasteiger partial charge in [0, 0.05) is 12.1 Å². The van der Waals surface area contributed by atoms with Crippen LogP contribution in [0.5, 0.6) is 0 Å². The maximum Gasteiger partial charge on any atom is 0.336 e. The van der Waals surface area contributed by atoms with E-state index in [0.29, 0.717) is 0 Å². The zero-order chi connectivity index (χ0) is 9.72. The number of carbonyl (C=O) groups is 1. The number of hydrogen-bond acceptors (Lipinski definition) is 1. The summed E-state index contributed by atoms with van der Waals surface area (Å²) in [4.78, 5) is 12.6. The van der Waals surface area contributed by atoms with Gasteiger partial charge in [0.1, 0.15) is 0 Å². The molecule has 1 N–H and O–H groups in total. The van der Waals surface area contributed by atoms with Crippen LogP contribution in [0.3, 0.4) is 0 Å². The van der Waals surface area contributed by atoms with Crippen molar-refractivity contribution in [1.82, 2.24) is 10.6 Å². The minimum Gasteiger partial charge on any atom is -0.318 e. The first-order valence-electron chi connectivity index (χ1n) is 4.58. The zero-order valence-corrected chi connectivity index (χ0v) is 8.42. The van der Waals surface area contributed by atoms with E-state index in [2.05, 4.69) is 0 Å². The Hall–Kier alpha value is -0.730. The van der Waals surface area contributed by atoms with Gasteiger partial charge in [0.15, 0.2) is 0 Å². The second kappa shape index (κ2) is 5.01. The summed E-state index contributed by atoms with van der Waals surface area (Å²) in [6.07, 6.45) is 1.82. The van der Waals surface area contributed by atoms with Crippen molar-refractivity contribution in [2.45, 2.75) is 52.6 Å². The fourth-order valence-electron chi connectivity index (χ4n) is 1.23. The van der Waals surface area contributed by atoms with Crippen molar-refractivity contribution in [2.75, 3.05) is 0 Å². The molecule has 0 spiro atoms. The Kier molecular flexibility index (Phi) is 4.71. The number of nitrogens with one attached hydrogen (secondary N) is 1. The first kappa shape index (κ1) is 11.3. The lowest BCUT2D eigenvalue weighted by molar-refractivity contribution is 0.157. The Bertz CT molecular complexity index is 137. The molecule has 71 valence electrons. The summed E-state index contributed by atoms with van der Waals surface area (Å²) < 4.78 is 0. The Labute approximate surface area is 74.9 Å². The highest BCUT2D eigenvalue weighted by atomic mass is 16.2. The van der Waals surface area contributed by atoms with Crippen LogP contribution in [0.1, 0.15) is 40.5 Å². The van der Waals surface area contributed by atoms with E-state index >= 15 is 0 Å². The third kappa shape index (κ3) is 2.72. The molecule has 0 rings (SSSR count). The van der Waals surface area contributed by atoms with E-state index in [-0.39, 0.29) is 12.1 Å². The van der Waals surface area contributed by atoms with Crippen LogP contribution < -0.4 is 5.73 Å². The van der Waals surface area contributed by atoms with Crippen LogP contribution in [0.25, 0.3) is 0 Å². The van der Waals surface area contributed by atoms with Crippen LogP contribution in [-0.2, 0) is 0 Å². The highest BCUT2D eigenvalue weighted by Crippen LogP contribution is 2.10. The lowest BCUT2D eigenvalue weighted by Crippen LogP contribution is -2.44. The Morgan fingerprint density at radius 1 is 1.25 bits per heavy atom. The van der Waals surface area contributed by atoms with Crippen LogP contribution in [-0.4, -0.2) is 23.0 Å². The molecule has 0 aromatic rings. The Morgan fingerprint density at radius 2 is 1.58 bits per heavy atom. The topological polar surface area (TPSA) is 44.1 Å². The van der Waals surface area contributed by atoms with Gasteiger partial charge in [0.25, 0.3) is 0 Å². The smallest absolute Gasteiger partial charge is 0.318 e. The number of hydrogen-bond donors (Lipinski definition) is 0. The molecule has 0 aromatic carbocycles. The van der Waals surface area contributed by atoms with E-state index in [1.165, 1.54) is 0 Å². The number of rotatable bonds is 4. The monoisotopic (exact) mass is 171 g/mol. The average Bonchev–Trinajstić information content (AvgIpc) is 2.03. The Morgan fingerprint density at radius 3 is 1.75 bits per heavy atom. The van der Waals surface area contributed by atoms with E-state index in [4.69, 9.17) is 5.73 Å². The molecule has 2 atom stereocenters. The normalized spacial score (nSPS) is 15.3. The van der Waals surface area contributed by atoms with Gasteiger partial charge in [-0.25, -0.2) is 10.5 Å². The number of amides is 2. The van der Waals surface area contributed by atoms with Crippen molar-refractivity contribution in [3.63, 3.8) is 0 Å². The average molecular weight is 171 g/mol. The number of nitrogens with zero attached hydrogens (tertiary/aromatic N) is 1. The van der Waals surface area contributed by atoms with Gasteiger partial charge >= 0.3 is 6.03 Å². The van der Waals surface area contributed by atoms with Crippen LogP contribution in [0.15, 0.2) is 0 Å². The molecular weight excluding hydrogens is 152 g/mol. The predicted molar refractivity (Wildman–Crippen MR) is 49.8 cm³/mol. The van der Waals surface area contributed by atoms with E-state index in [1.54, 1.807) is 4.90 Å². The molecule has 1 radical (unpaired) electrons. The molecule has 12 heavy (non-hydrogen) atoms. The largest absolute Gasteiger partial charge is 0.336 e. The molecule has 0 saturated heterocycles. The first-order chi connectivity index (χ1) is 5.54. The second-order valence-electron chi connectivity index (χ2n) is 3.23. The summed E-state index contributed by atoms with van der Waals surface area (Å²) in [6.45, 7) is 8.03. The minimum absolute atomic E-state index is 0.185. The van der Waals surface area contributed by atoms with Crippen molar-refractivity contribution in [3.8, 4) is 0 Å². The summed E-state index contributed by atoms with van der Waals surface area (Å²) in [5.74, 6) is 0. The molecule has 2 amide bonds. The fourth-order valence-corrected chi connectivity index (χ4v) is 1.23. The SMILES string of the molecule is CCC(C)N(C([NH])=O)C(C)CC. The second-order valence-corrected chi connectivity index (χ2v) is 3.23. The van der Waals surface area contributed by atoms with Crippen LogP contribution in [0, 0.1) is 0 Å². The maximum atomic E-state index is 10.9. The molecule has 0 saturated carbocycles. The zero-order valence-electron chi connectivity index (χ0n) is 8.42. The molecule has 0 aliphatic rings. The molecule has 0 aliphatic carbocycles. The van der Waals surface area contributed by atoms with Gasteiger partial charge in [-0.15, -0.1) is 0 Å². The summed E-state index contributed by atoms with van der Waals surface area (Å²) in [5.41, 5.74) is 7.09. The lowest BCUT2D eigenvalue weighted by atomic mass is 10.1. The predicted octanol–water partition coefficient (Wildman–Crippen LogP) is 2.29. The molecule has 0 bridgehead atoms. The Balaban J connectivity index is 4.32. The van der Waals surface area contributed by atoms with Crippen molar-refractivity contribution < 1.29 is 4.79 Å². The summed E-state index contributed by atoms with van der Waals surface area (Å²) in [5, 5.41) is 0. The highest BCUT2D eigenvalue weighted by Gasteiger charge is 2.21. The van der Waals surface area contributed by atoms with Gasteiger partial charge in [0.05, 0.1) is 0 Å². The van der Waals surface area contributed by atoms with Gasteiger partial charge in [-0.1, -0.05) is 13.8 Å². The third-order valence-corrected chi connectivity index (χ3v) is 2.37. The summed E-state index contributed by atoms with van der Waals surface area (Å²) >= 11 is 0. The van der Waals surface area contributed by atoms with E-state index in [0.717, 1.165) is 12.8 Å². The van der Waals surface area contributed by atoms with Gasteiger partial charge in [0.2, 0.25) is 0 Å². The molecule has 0 fully saturated rings. The van der Waals surface area contributed by atoms with Gasteiger partial charge in [-0.05, 0) is 26.7 Å². The van der Waals surface area contributed by atoms with E-state index in [1.807, 2.05) is 27.7 Å². The molecular formula is C9H19N2O. The summed E-state index contributed by atoms with van der Waals surface area (Å²) in [7, 11) is 0. The molecule has 0 heterocycles. The van der Waals surface area contributed by atoms with Crippen LogP contribution >= 0.6 is 0 Å². The fraction of sp³-hybridized carbons (Fsp3) is 0.889. The van der Waals surface area contributed by atoms with Gasteiger partial charge in [-0.2, -0.15) is 0 Å². The number of carbonyl (C=O) groups excluding carboxylic acids is 1. The van der Waals surface area contributed by atoms with Crippen LogP contribution in [0.2, 0.25) is 0 Å². The van der Waals surface area contributed by atoms with Gasteiger partial charge in [-0.3, -0.25) is 0 Å². The molecule has 3 heteroatoms. The third-order valence-electron chi connectivity index (χ3n) is 2.37. The molecule has 3 nitrogen and oxygen atoms in total. The first-order valence-corrected chi connectivity index (χ1v) is 4.58.